The minimum atomic E-state index is -0.554. The molecule has 0 aromatic heterocycles. The summed E-state index contributed by atoms with van der Waals surface area (Å²) in [6.07, 6.45) is 2.43. The highest BCUT2D eigenvalue weighted by molar-refractivity contribution is 5.82. The van der Waals surface area contributed by atoms with Crippen LogP contribution in [0.2, 0.25) is 0 Å². The molecule has 1 heterocycles. The summed E-state index contributed by atoms with van der Waals surface area (Å²) in [5, 5.41) is 3.29. The zero-order valence-corrected chi connectivity index (χ0v) is 13.1. The summed E-state index contributed by atoms with van der Waals surface area (Å²) in [5.41, 5.74) is -0.554. The third kappa shape index (κ3) is 3.15. The smallest absolute Gasteiger partial charge is 0.327 e. The molecule has 2 rings (SSSR count). The van der Waals surface area contributed by atoms with E-state index in [9.17, 15) is 4.79 Å². The zero-order chi connectivity index (χ0) is 14.8. The summed E-state index contributed by atoms with van der Waals surface area (Å²) < 4.78 is 11.0. The minimum Gasteiger partial charge on any atom is -0.465 e. The van der Waals surface area contributed by atoms with Crippen molar-refractivity contribution < 1.29 is 14.3 Å². The van der Waals surface area contributed by atoms with E-state index < -0.39 is 5.54 Å². The average molecular weight is 284 g/mol. The van der Waals surface area contributed by atoms with Gasteiger partial charge in [-0.15, -0.1) is 0 Å². The van der Waals surface area contributed by atoms with E-state index in [1.165, 1.54) is 0 Å². The lowest BCUT2D eigenvalue weighted by molar-refractivity contribution is -0.155. The molecule has 1 saturated carbocycles. The summed E-state index contributed by atoms with van der Waals surface area (Å²) in [4.78, 5) is 14.9. The molecule has 20 heavy (non-hydrogen) atoms. The Morgan fingerprint density at radius 1 is 1.45 bits per heavy atom. The van der Waals surface area contributed by atoms with Crippen LogP contribution in [-0.4, -0.2) is 61.9 Å². The molecule has 5 nitrogen and oxygen atoms in total. The van der Waals surface area contributed by atoms with Crippen molar-refractivity contribution in [2.75, 3.05) is 33.4 Å². The van der Waals surface area contributed by atoms with Gasteiger partial charge in [-0.05, 0) is 46.6 Å². The van der Waals surface area contributed by atoms with E-state index in [0.29, 0.717) is 25.1 Å². The summed E-state index contributed by atoms with van der Waals surface area (Å²) in [6, 6.07) is 0.340. The van der Waals surface area contributed by atoms with Crippen LogP contribution in [0, 0.1) is 5.92 Å². The second-order valence-electron chi connectivity index (χ2n) is 6.14. The topological polar surface area (TPSA) is 50.8 Å². The van der Waals surface area contributed by atoms with Gasteiger partial charge in [0, 0.05) is 19.1 Å². The molecule has 1 aliphatic heterocycles. The lowest BCUT2D eigenvalue weighted by Crippen LogP contribution is -2.63. The maximum Gasteiger partial charge on any atom is 0.327 e. The van der Waals surface area contributed by atoms with Crippen molar-refractivity contribution in [3.8, 4) is 0 Å². The normalized spacial score (nSPS) is 30.8. The van der Waals surface area contributed by atoms with Crippen LogP contribution in [0.1, 0.15) is 33.6 Å². The van der Waals surface area contributed by atoms with E-state index in [1.54, 1.807) is 0 Å². The van der Waals surface area contributed by atoms with Crippen molar-refractivity contribution in [1.29, 1.82) is 0 Å². The lowest BCUT2D eigenvalue weighted by atomic mass is 9.91. The van der Waals surface area contributed by atoms with Crippen molar-refractivity contribution in [3.63, 3.8) is 0 Å². The molecule has 1 saturated heterocycles. The third-order valence-electron chi connectivity index (χ3n) is 4.55. The predicted molar refractivity (Wildman–Crippen MR) is 77.6 cm³/mol. The highest BCUT2D eigenvalue weighted by atomic mass is 16.5. The second kappa shape index (κ2) is 6.41. The van der Waals surface area contributed by atoms with Gasteiger partial charge in [0.1, 0.15) is 5.54 Å². The molecule has 0 aromatic rings. The van der Waals surface area contributed by atoms with Gasteiger partial charge in [-0.1, -0.05) is 0 Å². The molecule has 5 heteroatoms. The van der Waals surface area contributed by atoms with Crippen LogP contribution in [-0.2, 0) is 14.3 Å². The lowest BCUT2D eigenvalue weighted by Gasteiger charge is -2.42. The Morgan fingerprint density at radius 2 is 2.15 bits per heavy atom. The highest BCUT2D eigenvalue weighted by Crippen LogP contribution is 2.41. The van der Waals surface area contributed by atoms with Gasteiger partial charge in [0.15, 0.2) is 0 Å². The number of morpholine rings is 1. The molecule has 0 amide bonds. The Labute approximate surface area is 122 Å². The number of carbonyl (C=O) groups excluding carboxylic acids is 1. The number of hydrogen-bond acceptors (Lipinski definition) is 5. The number of ether oxygens (including phenoxy) is 2. The Bertz CT molecular complexity index is 346. The summed E-state index contributed by atoms with van der Waals surface area (Å²) in [7, 11) is 1.88. The molecule has 1 aliphatic carbocycles. The number of likely N-dealkylation sites (N-methyl/N-ethyl adjacent to an activating group) is 1. The number of esters is 1. The van der Waals surface area contributed by atoms with Gasteiger partial charge in [0.25, 0.3) is 0 Å². The zero-order valence-electron chi connectivity index (χ0n) is 13.1. The van der Waals surface area contributed by atoms with Crippen molar-refractivity contribution in [1.82, 2.24) is 10.2 Å². The fourth-order valence-electron chi connectivity index (χ4n) is 3.09. The summed E-state index contributed by atoms with van der Waals surface area (Å²) in [6.45, 7) is 8.85. The maximum absolute atomic E-state index is 12.5. The first-order valence-corrected chi connectivity index (χ1v) is 7.75. The van der Waals surface area contributed by atoms with E-state index in [1.807, 2.05) is 14.0 Å². The molecule has 2 aliphatic rings. The van der Waals surface area contributed by atoms with Crippen LogP contribution in [0.15, 0.2) is 0 Å². The Kier molecular flexibility index (Phi) is 5.04. The molecule has 2 fully saturated rings. The van der Waals surface area contributed by atoms with Gasteiger partial charge in [-0.3, -0.25) is 4.90 Å². The Balaban J connectivity index is 2.12. The van der Waals surface area contributed by atoms with Crippen molar-refractivity contribution in [2.24, 2.45) is 5.92 Å². The number of rotatable bonds is 6. The number of nitrogens with one attached hydrogen (secondary N) is 1. The average Bonchev–Trinajstić information content (AvgIpc) is 3.25. The molecular weight excluding hydrogens is 256 g/mol. The van der Waals surface area contributed by atoms with E-state index >= 15 is 0 Å². The van der Waals surface area contributed by atoms with Crippen LogP contribution in [0.25, 0.3) is 0 Å². The highest BCUT2D eigenvalue weighted by Gasteiger charge is 2.52. The molecule has 1 N–H and O–H groups in total. The number of carbonyl (C=O) groups is 1. The first-order chi connectivity index (χ1) is 9.53. The largest absolute Gasteiger partial charge is 0.465 e. The predicted octanol–water partition coefficient (Wildman–Crippen LogP) is 1.03. The molecule has 0 aromatic carbocycles. The number of hydrogen-bond donors (Lipinski definition) is 1. The van der Waals surface area contributed by atoms with E-state index in [-0.39, 0.29) is 12.1 Å². The maximum atomic E-state index is 12.5. The first-order valence-electron chi connectivity index (χ1n) is 7.75. The van der Waals surface area contributed by atoms with Crippen molar-refractivity contribution >= 4 is 5.97 Å². The van der Waals surface area contributed by atoms with Gasteiger partial charge in [-0.25, -0.2) is 4.79 Å². The van der Waals surface area contributed by atoms with Crippen LogP contribution >= 0.6 is 0 Å². The monoisotopic (exact) mass is 284 g/mol. The van der Waals surface area contributed by atoms with Crippen molar-refractivity contribution in [3.05, 3.63) is 0 Å². The van der Waals surface area contributed by atoms with E-state index in [2.05, 4.69) is 24.1 Å². The minimum absolute atomic E-state index is 0.101. The van der Waals surface area contributed by atoms with Gasteiger partial charge in [-0.2, -0.15) is 0 Å². The molecular formula is C15H28N2O3. The van der Waals surface area contributed by atoms with Crippen LogP contribution in [0.3, 0.4) is 0 Å². The van der Waals surface area contributed by atoms with Gasteiger partial charge < -0.3 is 14.8 Å². The fourth-order valence-corrected chi connectivity index (χ4v) is 3.09. The summed E-state index contributed by atoms with van der Waals surface area (Å²) >= 11 is 0. The first kappa shape index (κ1) is 15.7. The standard InChI is InChI=1S/C15H28N2O3/c1-5-19-14(18)15(16-4,13-6-7-13)10-17-8-12(3)20-9-11(17)2/h11-13,16H,5-10H2,1-4H3. The van der Waals surface area contributed by atoms with Crippen LogP contribution < -0.4 is 5.32 Å². The fraction of sp³-hybridized carbons (Fsp3) is 0.933. The van der Waals surface area contributed by atoms with E-state index in [0.717, 1.165) is 26.0 Å². The quantitative estimate of drug-likeness (QED) is 0.738. The van der Waals surface area contributed by atoms with E-state index in [4.69, 9.17) is 9.47 Å². The van der Waals surface area contributed by atoms with Crippen molar-refractivity contribution in [2.45, 2.75) is 51.3 Å². The summed E-state index contributed by atoms with van der Waals surface area (Å²) in [5.74, 6) is 0.299. The molecule has 0 bridgehead atoms. The SMILES string of the molecule is CCOC(=O)C(CN1CC(C)OCC1C)(NC)C1CC1. The van der Waals surface area contributed by atoms with Crippen LogP contribution in [0.5, 0.6) is 0 Å². The van der Waals surface area contributed by atoms with Crippen LogP contribution in [0.4, 0.5) is 0 Å². The van der Waals surface area contributed by atoms with Gasteiger partial charge in [0.05, 0.1) is 19.3 Å². The second-order valence-corrected chi connectivity index (χ2v) is 6.14. The molecule has 3 unspecified atom stereocenters. The molecule has 0 spiro atoms. The molecule has 0 radical (unpaired) electrons. The Hall–Kier alpha value is -0.650. The van der Waals surface area contributed by atoms with Gasteiger partial charge >= 0.3 is 5.97 Å². The van der Waals surface area contributed by atoms with Gasteiger partial charge in [0.2, 0.25) is 0 Å². The Morgan fingerprint density at radius 3 is 2.70 bits per heavy atom. The number of nitrogens with zero attached hydrogens (tertiary/aromatic N) is 1. The third-order valence-corrected chi connectivity index (χ3v) is 4.55. The molecule has 116 valence electrons. The molecule has 3 atom stereocenters.